The predicted octanol–water partition coefficient (Wildman–Crippen LogP) is -0.0322. The van der Waals surface area contributed by atoms with Crippen LogP contribution in [0.5, 0.6) is 0 Å². The summed E-state index contributed by atoms with van der Waals surface area (Å²) in [4.78, 5) is 11.1. The number of nitrogens with two attached hydrogens (primary N) is 1. The number of carbonyl (C=O) groups is 1. The SMILES string of the molecule is Cn1cc(NC(=S)NC2CC2)c(C(N)=O)n1. The summed E-state index contributed by atoms with van der Waals surface area (Å²) >= 11 is 5.10. The minimum absolute atomic E-state index is 0.197. The quantitative estimate of drug-likeness (QED) is 0.645. The molecular weight excluding hydrogens is 226 g/mol. The fraction of sp³-hybridized carbons (Fsp3) is 0.444. The van der Waals surface area contributed by atoms with Gasteiger partial charge < -0.3 is 16.4 Å². The summed E-state index contributed by atoms with van der Waals surface area (Å²) in [6.45, 7) is 0. The Balaban J connectivity index is 2.06. The van der Waals surface area contributed by atoms with Crippen molar-refractivity contribution in [2.24, 2.45) is 12.8 Å². The van der Waals surface area contributed by atoms with E-state index in [2.05, 4.69) is 15.7 Å². The number of nitrogens with one attached hydrogen (secondary N) is 2. The summed E-state index contributed by atoms with van der Waals surface area (Å²) in [5, 5.41) is 10.5. The second-order valence-electron chi connectivity index (χ2n) is 3.80. The minimum atomic E-state index is -0.572. The molecule has 1 saturated carbocycles. The van der Waals surface area contributed by atoms with Crippen molar-refractivity contribution in [1.29, 1.82) is 0 Å². The lowest BCUT2D eigenvalue weighted by atomic mass is 10.3. The molecule has 0 aliphatic heterocycles. The lowest BCUT2D eigenvalue weighted by molar-refractivity contribution is 0.0995. The Morgan fingerprint density at radius 3 is 2.94 bits per heavy atom. The van der Waals surface area contributed by atoms with Crippen molar-refractivity contribution >= 4 is 28.9 Å². The highest BCUT2D eigenvalue weighted by Gasteiger charge is 2.22. The third-order valence-corrected chi connectivity index (χ3v) is 2.44. The molecule has 2 rings (SSSR count). The average Bonchev–Trinajstić information content (AvgIpc) is 2.89. The Hall–Kier alpha value is -1.63. The molecular formula is C9H13N5OS. The molecule has 1 heterocycles. The Morgan fingerprint density at radius 1 is 1.69 bits per heavy atom. The number of carbonyl (C=O) groups excluding carboxylic acids is 1. The van der Waals surface area contributed by atoms with Crippen LogP contribution in [-0.4, -0.2) is 26.8 Å². The van der Waals surface area contributed by atoms with Crippen molar-refractivity contribution in [2.75, 3.05) is 5.32 Å². The monoisotopic (exact) mass is 239 g/mol. The summed E-state index contributed by atoms with van der Waals surface area (Å²) in [5.74, 6) is -0.572. The van der Waals surface area contributed by atoms with Gasteiger partial charge in [-0.1, -0.05) is 0 Å². The van der Waals surface area contributed by atoms with Gasteiger partial charge in [-0.25, -0.2) is 0 Å². The van der Waals surface area contributed by atoms with Gasteiger partial charge in [0.05, 0.1) is 5.69 Å². The maximum atomic E-state index is 11.1. The number of rotatable bonds is 3. The van der Waals surface area contributed by atoms with Gasteiger partial charge in [0.1, 0.15) is 0 Å². The second-order valence-corrected chi connectivity index (χ2v) is 4.21. The van der Waals surface area contributed by atoms with Crippen LogP contribution in [0.4, 0.5) is 5.69 Å². The van der Waals surface area contributed by atoms with E-state index in [1.165, 1.54) is 4.68 Å². The molecule has 1 aliphatic rings. The van der Waals surface area contributed by atoms with Gasteiger partial charge in [-0.05, 0) is 25.1 Å². The van der Waals surface area contributed by atoms with Crippen molar-refractivity contribution in [2.45, 2.75) is 18.9 Å². The smallest absolute Gasteiger partial charge is 0.271 e. The van der Waals surface area contributed by atoms with Gasteiger partial charge in [-0.2, -0.15) is 5.10 Å². The van der Waals surface area contributed by atoms with Gasteiger partial charge in [0.15, 0.2) is 10.8 Å². The molecule has 0 atom stereocenters. The first kappa shape index (κ1) is 10.9. The van der Waals surface area contributed by atoms with Gasteiger partial charge in [0.25, 0.3) is 5.91 Å². The maximum Gasteiger partial charge on any atom is 0.271 e. The van der Waals surface area contributed by atoms with E-state index < -0.39 is 5.91 Å². The topological polar surface area (TPSA) is 85.0 Å². The van der Waals surface area contributed by atoms with E-state index in [4.69, 9.17) is 18.0 Å². The first-order valence-electron chi connectivity index (χ1n) is 4.97. The lowest BCUT2D eigenvalue weighted by Gasteiger charge is -2.07. The predicted molar refractivity (Wildman–Crippen MR) is 64.1 cm³/mol. The number of hydrogen-bond donors (Lipinski definition) is 3. The summed E-state index contributed by atoms with van der Waals surface area (Å²) in [7, 11) is 1.72. The molecule has 16 heavy (non-hydrogen) atoms. The van der Waals surface area contributed by atoms with Gasteiger partial charge in [0, 0.05) is 19.3 Å². The van der Waals surface area contributed by atoms with Crippen molar-refractivity contribution in [3.63, 3.8) is 0 Å². The van der Waals surface area contributed by atoms with Crippen LogP contribution in [0.15, 0.2) is 6.20 Å². The zero-order valence-corrected chi connectivity index (χ0v) is 9.67. The zero-order chi connectivity index (χ0) is 11.7. The highest BCUT2D eigenvalue weighted by molar-refractivity contribution is 7.80. The van der Waals surface area contributed by atoms with Crippen LogP contribution in [0.25, 0.3) is 0 Å². The van der Waals surface area contributed by atoms with Gasteiger partial charge in [-0.15, -0.1) is 0 Å². The van der Waals surface area contributed by atoms with E-state index in [0.29, 0.717) is 16.8 Å². The van der Waals surface area contributed by atoms with E-state index in [1.807, 2.05) is 0 Å². The number of hydrogen-bond acceptors (Lipinski definition) is 3. The Kier molecular flexibility index (Phi) is 2.78. The molecule has 1 aromatic heterocycles. The minimum Gasteiger partial charge on any atom is -0.364 e. The van der Waals surface area contributed by atoms with Crippen LogP contribution in [0.2, 0.25) is 0 Å². The summed E-state index contributed by atoms with van der Waals surface area (Å²) in [5.41, 5.74) is 5.93. The largest absolute Gasteiger partial charge is 0.364 e. The molecule has 0 aromatic carbocycles. The Morgan fingerprint density at radius 2 is 2.38 bits per heavy atom. The number of anilines is 1. The molecule has 4 N–H and O–H groups in total. The van der Waals surface area contributed by atoms with Crippen molar-refractivity contribution < 1.29 is 4.79 Å². The van der Waals surface area contributed by atoms with Crippen LogP contribution >= 0.6 is 12.2 Å². The molecule has 1 aromatic rings. The highest BCUT2D eigenvalue weighted by Crippen LogP contribution is 2.19. The molecule has 7 heteroatoms. The van der Waals surface area contributed by atoms with Crippen molar-refractivity contribution in [1.82, 2.24) is 15.1 Å². The zero-order valence-electron chi connectivity index (χ0n) is 8.86. The number of thiocarbonyl (C=S) groups is 1. The standard InChI is InChI=1S/C9H13N5OS/c1-14-4-6(7(13-14)8(10)15)12-9(16)11-5-2-3-5/h4-5H,2-3H2,1H3,(H2,10,15)(H2,11,12,16). The molecule has 0 radical (unpaired) electrons. The first-order valence-corrected chi connectivity index (χ1v) is 5.38. The molecule has 86 valence electrons. The van der Waals surface area contributed by atoms with E-state index in [1.54, 1.807) is 13.2 Å². The van der Waals surface area contributed by atoms with Crippen LogP contribution in [0.3, 0.4) is 0 Å². The first-order chi connectivity index (χ1) is 7.56. The van der Waals surface area contributed by atoms with Crippen LogP contribution in [-0.2, 0) is 7.05 Å². The number of amides is 1. The van der Waals surface area contributed by atoms with Crippen LogP contribution in [0.1, 0.15) is 23.3 Å². The summed E-state index contributed by atoms with van der Waals surface area (Å²) in [6, 6.07) is 0.466. The highest BCUT2D eigenvalue weighted by atomic mass is 32.1. The molecule has 0 spiro atoms. The van der Waals surface area contributed by atoms with Gasteiger partial charge >= 0.3 is 0 Å². The number of nitrogens with zero attached hydrogens (tertiary/aromatic N) is 2. The van der Waals surface area contributed by atoms with Crippen molar-refractivity contribution in [3.05, 3.63) is 11.9 Å². The fourth-order valence-electron chi connectivity index (χ4n) is 1.33. The summed E-state index contributed by atoms with van der Waals surface area (Å²) in [6.07, 6.45) is 3.94. The van der Waals surface area contributed by atoms with Gasteiger partial charge in [-0.3, -0.25) is 9.48 Å². The molecule has 0 unspecified atom stereocenters. The number of primary amides is 1. The van der Waals surface area contributed by atoms with E-state index in [0.717, 1.165) is 12.8 Å². The lowest BCUT2D eigenvalue weighted by Crippen LogP contribution is -2.30. The summed E-state index contributed by atoms with van der Waals surface area (Å²) < 4.78 is 1.52. The molecule has 1 fully saturated rings. The number of aromatic nitrogens is 2. The molecule has 0 bridgehead atoms. The van der Waals surface area contributed by atoms with Crippen molar-refractivity contribution in [3.8, 4) is 0 Å². The molecule has 1 aliphatic carbocycles. The molecule has 0 saturated heterocycles. The van der Waals surface area contributed by atoms with E-state index >= 15 is 0 Å². The average molecular weight is 239 g/mol. The Bertz CT molecular complexity index is 437. The third kappa shape index (κ3) is 2.48. The van der Waals surface area contributed by atoms with E-state index in [-0.39, 0.29) is 5.69 Å². The van der Waals surface area contributed by atoms with Gasteiger partial charge in [0.2, 0.25) is 0 Å². The number of aryl methyl sites for hydroxylation is 1. The molecule has 6 nitrogen and oxygen atoms in total. The fourth-order valence-corrected chi connectivity index (χ4v) is 1.61. The normalized spacial score (nSPS) is 14.6. The maximum absolute atomic E-state index is 11.1. The third-order valence-electron chi connectivity index (χ3n) is 2.22. The van der Waals surface area contributed by atoms with Crippen LogP contribution < -0.4 is 16.4 Å². The second kappa shape index (κ2) is 4.09. The Labute approximate surface area is 98.2 Å². The van der Waals surface area contributed by atoms with Crippen LogP contribution in [0, 0.1) is 0 Å². The molecule has 1 amide bonds. The van der Waals surface area contributed by atoms with E-state index in [9.17, 15) is 4.79 Å².